The molecule has 1 aromatic rings. The van der Waals surface area contributed by atoms with E-state index in [9.17, 15) is 15.0 Å². The Labute approximate surface area is 183 Å². The van der Waals surface area contributed by atoms with Crippen molar-refractivity contribution in [3.05, 3.63) is 18.2 Å². The number of anilines is 1. The van der Waals surface area contributed by atoms with Crippen LogP contribution in [0.25, 0.3) is 0 Å². The topological polar surface area (TPSA) is 81.6 Å². The zero-order valence-corrected chi connectivity index (χ0v) is 19.1. The number of benzene rings is 1. The van der Waals surface area contributed by atoms with Crippen LogP contribution in [-0.4, -0.2) is 22.8 Å². The minimum atomic E-state index is -0.291. The summed E-state index contributed by atoms with van der Waals surface area (Å²) < 4.78 is 0. The summed E-state index contributed by atoms with van der Waals surface area (Å²) in [5.74, 6) is -0.445. The Bertz CT molecular complexity index is 563. The van der Waals surface area contributed by atoms with Crippen LogP contribution in [0.5, 0.6) is 11.5 Å². The molecular formula is C25H44N2O3. The Hall–Kier alpha value is -1.91. The Balaban J connectivity index is 1.82. The number of rotatable bonds is 18. The molecule has 0 spiro atoms. The van der Waals surface area contributed by atoms with Gasteiger partial charge in [0.25, 0.3) is 0 Å². The number of unbranched alkanes of at least 4 members (excludes halogenated alkanes) is 15. The molecule has 5 heteroatoms. The van der Waals surface area contributed by atoms with E-state index in [1.54, 1.807) is 6.07 Å². The van der Waals surface area contributed by atoms with Gasteiger partial charge in [-0.3, -0.25) is 0 Å². The summed E-state index contributed by atoms with van der Waals surface area (Å²) in [6.45, 7) is 2.92. The van der Waals surface area contributed by atoms with Gasteiger partial charge < -0.3 is 20.8 Å². The highest BCUT2D eigenvalue weighted by Gasteiger charge is 2.04. The molecule has 0 saturated carbocycles. The summed E-state index contributed by atoms with van der Waals surface area (Å²) >= 11 is 0. The van der Waals surface area contributed by atoms with Gasteiger partial charge in [-0.2, -0.15) is 0 Å². The van der Waals surface area contributed by atoms with Gasteiger partial charge in [0.1, 0.15) is 0 Å². The lowest BCUT2D eigenvalue weighted by Gasteiger charge is -2.08. The summed E-state index contributed by atoms with van der Waals surface area (Å²) in [6.07, 6.45) is 21.4. The van der Waals surface area contributed by atoms with Crippen molar-refractivity contribution in [3.63, 3.8) is 0 Å². The van der Waals surface area contributed by atoms with Gasteiger partial charge in [-0.05, 0) is 18.6 Å². The molecule has 0 saturated heterocycles. The van der Waals surface area contributed by atoms with E-state index in [1.807, 2.05) is 0 Å². The third-order valence-corrected chi connectivity index (χ3v) is 5.55. The van der Waals surface area contributed by atoms with Gasteiger partial charge in [0.2, 0.25) is 0 Å². The second-order valence-corrected chi connectivity index (χ2v) is 8.39. The minimum absolute atomic E-state index is 0.200. The molecule has 1 aromatic carbocycles. The van der Waals surface area contributed by atoms with Crippen LogP contribution < -0.4 is 10.6 Å². The Morgan fingerprint density at radius 2 is 1.17 bits per heavy atom. The Morgan fingerprint density at radius 1 is 0.700 bits per heavy atom. The first-order chi connectivity index (χ1) is 14.6. The lowest BCUT2D eigenvalue weighted by Crippen LogP contribution is -2.29. The predicted octanol–water partition coefficient (Wildman–Crippen LogP) is 7.48. The number of urea groups is 1. The average molecular weight is 421 g/mol. The molecule has 0 aliphatic rings. The second-order valence-electron chi connectivity index (χ2n) is 8.39. The molecule has 0 aliphatic carbocycles. The Morgan fingerprint density at radius 3 is 1.63 bits per heavy atom. The third-order valence-electron chi connectivity index (χ3n) is 5.55. The molecule has 172 valence electrons. The quantitative estimate of drug-likeness (QED) is 0.113. The van der Waals surface area contributed by atoms with Gasteiger partial charge in [-0.15, -0.1) is 0 Å². The molecule has 0 aliphatic heterocycles. The highest BCUT2D eigenvalue weighted by atomic mass is 16.3. The van der Waals surface area contributed by atoms with Crippen molar-refractivity contribution in [2.75, 3.05) is 11.9 Å². The Kier molecular flexibility index (Phi) is 15.6. The van der Waals surface area contributed by atoms with E-state index in [1.165, 1.54) is 102 Å². The van der Waals surface area contributed by atoms with Crippen LogP contribution in [-0.2, 0) is 0 Å². The maximum Gasteiger partial charge on any atom is 0.319 e. The number of amides is 2. The highest BCUT2D eigenvalue weighted by molar-refractivity contribution is 5.89. The van der Waals surface area contributed by atoms with E-state index in [0.29, 0.717) is 12.2 Å². The molecule has 1 rings (SSSR count). The number of carbonyl (C=O) groups is 1. The molecule has 0 aromatic heterocycles. The van der Waals surface area contributed by atoms with Crippen molar-refractivity contribution in [1.29, 1.82) is 0 Å². The van der Waals surface area contributed by atoms with Gasteiger partial charge in [0.05, 0.1) is 0 Å². The third kappa shape index (κ3) is 14.1. The van der Waals surface area contributed by atoms with Gasteiger partial charge in [0.15, 0.2) is 11.5 Å². The standard InChI is InChI=1S/C25H44N2O3/c1-2-3-4-5-6-7-8-9-10-11-12-13-14-15-16-17-20-26-25(30)27-22-18-19-23(28)24(29)21-22/h18-19,21,28-29H,2-17,20H2,1H3,(H2,26,27,30). The minimum Gasteiger partial charge on any atom is -0.504 e. The van der Waals surface area contributed by atoms with Crippen molar-refractivity contribution in [3.8, 4) is 11.5 Å². The molecule has 0 bridgehead atoms. The number of nitrogens with one attached hydrogen (secondary N) is 2. The molecule has 0 fully saturated rings. The fourth-order valence-corrected chi connectivity index (χ4v) is 3.65. The summed E-state index contributed by atoms with van der Waals surface area (Å²) in [5, 5.41) is 24.2. The average Bonchev–Trinajstić information content (AvgIpc) is 2.73. The normalized spacial score (nSPS) is 10.8. The lowest BCUT2D eigenvalue weighted by molar-refractivity contribution is 0.252. The zero-order chi connectivity index (χ0) is 21.9. The zero-order valence-electron chi connectivity index (χ0n) is 19.1. The van der Waals surface area contributed by atoms with Gasteiger partial charge >= 0.3 is 6.03 Å². The van der Waals surface area contributed by atoms with Gasteiger partial charge in [-0.25, -0.2) is 4.79 Å². The van der Waals surface area contributed by atoms with E-state index in [0.717, 1.165) is 12.8 Å². The van der Waals surface area contributed by atoms with Crippen LogP contribution in [0.4, 0.5) is 10.5 Å². The van der Waals surface area contributed by atoms with E-state index in [2.05, 4.69) is 17.6 Å². The van der Waals surface area contributed by atoms with Crippen LogP contribution in [0, 0.1) is 0 Å². The van der Waals surface area contributed by atoms with Crippen LogP contribution in [0.3, 0.4) is 0 Å². The van der Waals surface area contributed by atoms with E-state index in [4.69, 9.17) is 0 Å². The second kappa shape index (κ2) is 17.9. The number of carbonyl (C=O) groups excluding carboxylic acids is 1. The molecule has 0 atom stereocenters. The first-order valence-electron chi connectivity index (χ1n) is 12.2. The van der Waals surface area contributed by atoms with Crippen LogP contribution in [0.1, 0.15) is 110 Å². The molecule has 30 heavy (non-hydrogen) atoms. The molecule has 5 nitrogen and oxygen atoms in total. The number of phenolic OH excluding ortho intramolecular Hbond substituents is 2. The fraction of sp³-hybridized carbons (Fsp3) is 0.720. The maximum absolute atomic E-state index is 11.8. The van der Waals surface area contributed by atoms with Crippen LogP contribution in [0.15, 0.2) is 18.2 Å². The number of phenols is 2. The first-order valence-corrected chi connectivity index (χ1v) is 12.2. The number of hydrogen-bond acceptors (Lipinski definition) is 3. The fourth-order valence-electron chi connectivity index (χ4n) is 3.65. The maximum atomic E-state index is 11.8. The van der Waals surface area contributed by atoms with Gasteiger partial charge in [0, 0.05) is 18.3 Å². The summed E-state index contributed by atoms with van der Waals surface area (Å²) in [5.41, 5.74) is 0.453. The van der Waals surface area contributed by atoms with E-state index < -0.39 is 0 Å². The molecule has 2 amide bonds. The summed E-state index contributed by atoms with van der Waals surface area (Å²) in [6, 6.07) is 3.92. The smallest absolute Gasteiger partial charge is 0.319 e. The van der Waals surface area contributed by atoms with Crippen molar-refractivity contribution in [2.24, 2.45) is 0 Å². The van der Waals surface area contributed by atoms with E-state index >= 15 is 0 Å². The molecular weight excluding hydrogens is 376 g/mol. The van der Waals surface area contributed by atoms with Crippen molar-refractivity contribution < 1.29 is 15.0 Å². The van der Waals surface area contributed by atoms with Crippen LogP contribution in [0.2, 0.25) is 0 Å². The number of aromatic hydroxyl groups is 2. The predicted molar refractivity (Wildman–Crippen MR) is 126 cm³/mol. The van der Waals surface area contributed by atoms with Crippen molar-refractivity contribution in [1.82, 2.24) is 5.32 Å². The largest absolute Gasteiger partial charge is 0.504 e. The number of hydrogen-bond donors (Lipinski definition) is 4. The lowest BCUT2D eigenvalue weighted by atomic mass is 10.0. The van der Waals surface area contributed by atoms with Gasteiger partial charge in [-0.1, -0.05) is 103 Å². The summed E-state index contributed by atoms with van der Waals surface area (Å²) in [7, 11) is 0. The molecule has 0 heterocycles. The molecule has 0 unspecified atom stereocenters. The first kappa shape index (κ1) is 26.1. The van der Waals surface area contributed by atoms with E-state index in [-0.39, 0.29) is 17.5 Å². The SMILES string of the molecule is CCCCCCCCCCCCCCCCCCNC(=O)Nc1ccc(O)c(O)c1. The monoisotopic (exact) mass is 420 g/mol. The molecule has 0 radical (unpaired) electrons. The van der Waals surface area contributed by atoms with Crippen LogP contribution >= 0.6 is 0 Å². The van der Waals surface area contributed by atoms with Crippen molar-refractivity contribution in [2.45, 2.75) is 110 Å². The summed E-state index contributed by atoms with van der Waals surface area (Å²) in [4.78, 5) is 11.8. The molecule has 4 N–H and O–H groups in total. The highest BCUT2D eigenvalue weighted by Crippen LogP contribution is 2.27. The van der Waals surface area contributed by atoms with Crippen molar-refractivity contribution >= 4 is 11.7 Å².